The van der Waals surface area contributed by atoms with Gasteiger partial charge in [0.15, 0.2) is 5.11 Å². The minimum Gasteiger partial charge on any atom is -0.507 e. The molecule has 17 heavy (non-hydrogen) atoms. The van der Waals surface area contributed by atoms with Crippen molar-refractivity contribution < 1.29 is 5.11 Å². The lowest BCUT2D eigenvalue weighted by molar-refractivity contribution is 0.296. The Kier molecular flexibility index (Phi) is 3.58. The van der Waals surface area contributed by atoms with E-state index < -0.39 is 0 Å². The van der Waals surface area contributed by atoms with Gasteiger partial charge in [-0.2, -0.15) is 5.10 Å². The highest BCUT2D eigenvalue weighted by molar-refractivity contribution is 7.80. The summed E-state index contributed by atoms with van der Waals surface area (Å²) in [6, 6.07) is 7.11. The molecule has 0 aliphatic carbocycles. The van der Waals surface area contributed by atoms with E-state index in [0.717, 1.165) is 13.1 Å². The fraction of sp³-hybridized carbons (Fsp3) is 0.333. The average Bonchev–Trinajstić information content (AvgIpc) is 2.24. The van der Waals surface area contributed by atoms with Gasteiger partial charge in [0.05, 0.1) is 5.71 Å². The monoisotopic (exact) mass is 249 g/mol. The number of nitrogens with zero attached hydrogens (tertiary/aromatic N) is 2. The number of para-hydroxylation sites is 1. The molecule has 5 heteroatoms. The van der Waals surface area contributed by atoms with E-state index >= 15 is 0 Å². The normalized spacial score (nSPS) is 15.4. The third-order valence-electron chi connectivity index (χ3n) is 2.76. The zero-order valence-corrected chi connectivity index (χ0v) is 10.5. The summed E-state index contributed by atoms with van der Waals surface area (Å²) in [5, 5.41) is 14.5. The molecule has 0 bridgehead atoms. The van der Waals surface area contributed by atoms with Gasteiger partial charge in [0.2, 0.25) is 0 Å². The lowest BCUT2D eigenvalue weighted by atomic mass is 10.1. The van der Waals surface area contributed by atoms with Gasteiger partial charge in [-0.15, -0.1) is 0 Å². The minimum absolute atomic E-state index is 0.227. The van der Waals surface area contributed by atoms with Crippen LogP contribution in [0.3, 0.4) is 0 Å². The number of likely N-dealkylation sites (tertiary alicyclic amines) is 1. The summed E-state index contributed by atoms with van der Waals surface area (Å²) >= 11 is 5.17. The summed E-state index contributed by atoms with van der Waals surface area (Å²) in [5.41, 5.74) is 4.27. The zero-order chi connectivity index (χ0) is 12.3. The smallest absolute Gasteiger partial charge is 0.189 e. The first-order valence-corrected chi connectivity index (χ1v) is 5.97. The second-order valence-corrected chi connectivity index (χ2v) is 4.36. The molecule has 90 valence electrons. The van der Waals surface area contributed by atoms with Crippen molar-refractivity contribution >= 4 is 23.0 Å². The first-order chi connectivity index (χ1) is 8.18. The molecule has 1 fully saturated rings. The van der Waals surface area contributed by atoms with Crippen molar-refractivity contribution in [2.24, 2.45) is 5.10 Å². The van der Waals surface area contributed by atoms with Crippen molar-refractivity contribution in [2.75, 3.05) is 13.1 Å². The highest BCUT2D eigenvalue weighted by Gasteiger charge is 2.16. The number of rotatable bonds is 2. The van der Waals surface area contributed by atoms with E-state index in [1.807, 2.05) is 19.1 Å². The fourth-order valence-electron chi connectivity index (χ4n) is 1.56. The van der Waals surface area contributed by atoms with Crippen LogP contribution in [0, 0.1) is 0 Å². The van der Waals surface area contributed by atoms with Crippen molar-refractivity contribution in [3.05, 3.63) is 29.8 Å². The van der Waals surface area contributed by atoms with E-state index in [9.17, 15) is 5.11 Å². The van der Waals surface area contributed by atoms with Crippen molar-refractivity contribution in [2.45, 2.75) is 13.3 Å². The number of hydrogen-bond acceptors (Lipinski definition) is 3. The van der Waals surface area contributed by atoms with Crippen LogP contribution in [0.5, 0.6) is 5.75 Å². The van der Waals surface area contributed by atoms with Gasteiger partial charge >= 0.3 is 0 Å². The molecule has 4 nitrogen and oxygen atoms in total. The van der Waals surface area contributed by atoms with Gasteiger partial charge in [-0.05, 0) is 37.7 Å². The first-order valence-electron chi connectivity index (χ1n) is 5.56. The molecule has 1 aliphatic rings. The quantitative estimate of drug-likeness (QED) is 0.476. The van der Waals surface area contributed by atoms with Gasteiger partial charge in [-0.1, -0.05) is 12.1 Å². The van der Waals surface area contributed by atoms with Gasteiger partial charge in [0.1, 0.15) is 5.75 Å². The Bertz CT molecular complexity index is 455. The van der Waals surface area contributed by atoms with Crippen LogP contribution in [0.25, 0.3) is 0 Å². The van der Waals surface area contributed by atoms with E-state index in [2.05, 4.69) is 15.4 Å². The average molecular weight is 249 g/mol. The second kappa shape index (κ2) is 5.14. The third-order valence-corrected chi connectivity index (χ3v) is 3.11. The number of phenolic OH excluding ortho intramolecular Hbond substituents is 1. The summed E-state index contributed by atoms with van der Waals surface area (Å²) in [4.78, 5) is 2.05. The molecule has 1 saturated heterocycles. The Morgan fingerprint density at radius 3 is 2.71 bits per heavy atom. The summed E-state index contributed by atoms with van der Waals surface area (Å²) in [6.07, 6.45) is 1.18. The SMILES string of the molecule is C/C(=N\NC(=S)N1CCC1)c1ccccc1O. The maximum atomic E-state index is 9.66. The van der Waals surface area contributed by atoms with Crippen LogP contribution in [0.4, 0.5) is 0 Å². The van der Waals surface area contributed by atoms with E-state index in [1.54, 1.807) is 12.1 Å². The predicted molar refractivity (Wildman–Crippen MR) is 72.2 cm³/mol. The molecule has 2 rings (SSSR count). The Morgan fingerprint density at radius 1 is 1.41 bits per heavy atom. The zero-order valence-electron chi connectivity index (χ0n) is 9.68. The molecule has 0 aromatic heterocycles. The maximum Gasteiger partial charge on any atom is 0.189 e. The number of hydrogen-bond donors (Lipinski definition) is 2. The van der Waals surface area contributed by atoms with E-state index in [4.69, 9.17) is 12.2 Å². The molecular weight excluding hydrogens is 234 g/mol. The van der Waals surface area contributed by atoms with Crippen LogP contribution in [0.15, 0.2) is 29.4 Å². The predicted octanol–water partition coefficient (Wildman–Crippen LogP) is 1.70. The van der Waals surface area contributed by atoms with Gasteiger partial charge < -0.3 is 10.0 Å². The number of phenols is 1. The largest absolute Gasteiger partial charge is 0.507 e. The maximum absolute atomic E-state index is 9.66. The molecule has 1 aromatic rings. The van der Waals surface area contributed by atoms with Crippen LogP contribution >= 0.6 is 12.2 Å². The standard InChI is InChI=1S/C12H15N3OS/c1-9(10-5-2-3-6-11(10)16)13-14-12(17)15-7-4-8-15/h2-3,5-6,16H,4,7-8H2,1H3,(H,14,17)/b13-9+. The lowest BCUT2D eigenvalue weighted by Gasteiger charge is -2.32. The van der Waals surface area contributed by atoms with E-state index in [0.29, 0.717) is 16.4 Å². The molecule has 1 aromatic carbocycles. The highest BCUT2D eigenvalue weighted by atomic mass is 32.1. The Labute approximate surface area is 106 Å². The summed E-state index contributed by atoms with van der Waals surface area (Å²) < 4.78 is 0. The number of nitrogens with one attached hydrogen (secondary N) is 1. The van der Waals surface area contributed by atoms with Crippen LogP contribution < -0.4 is 5.43 Å². The van der Waals surface area contributed by atoms with Crippen LogP contribution in [0.2, 0.25) is 0 Å². The third kappa shape index (κ3) is 2.74. The number of thiocarbonyl (C=S) groups is 1. The minimum atomic E-state index is 0.227. The van der Waals surface area contributed by atoms with Crippen molar-refractivity contribution in [3.8, 4) is 5.75 Å². The molecule has 2 N–H and O–H groups in total. The molecule has 0 saturated carbocycles. The summed E-state index contributed by atoms with van der Waals surface area (Å²) in [7, 11) is 0. The van der Waals surface area contributed by atoms with Crippen LogP contribution in [0.1, 0.15) is 18.9 Å². The van der Waals surface area contributed by atoms with E-state index in [1.165, 1.54) is 6.42 Å². The highest BCUT2D eigenvalue weighted by Crippen LogP contribution is 2.16. The van der Waals surface area contributed by atoms with Crippen LogP contribution in [-0.4, -0.2) is 33.9 Å². The molecule has 1 aliphatic heterocycles. The summed E-state index contributed by atoms with van der Waals surface area (Å²) in [5.74, 6) is 0.227. The van der Waals surface area contributed by atoms with Gasteiger partial charge in [0, 0.05) is 18.7 Å². The number of aromatic hydroxyl groups is 1. The van der Waals surface area contributed by atoms with Crippen molar-refractivity contribution in [1.82, 2.24) is 10.3 Å². The fourth-order valence-corrected chi connectivity index (χ4v) is 1.79. The molecule has 0 radical (unpaired) electrons. The molecule has 0 atom stereocenters. The van der Waals surface area contributed by atoms with Gasteiger partial charge in [-0.25, -0.2) is 0 Å². The van der Waals surface area contributed by atoms with Crippen molar-refractivity contribution in [3.63, 3.8) is 0 Å². The Morgan fingerprint density at radius 2 is 2.12 bits per heavy atom. The Hall–Kier alpha value is -1.62. The molecule has 0 amide bonds. The van der Waals surface area contributed by atoms with Crippen LogP contribution in [-0.2, 0) is 0 Å². The molecular formula is C12H15N3OS. The molecule has 1 heterocycles. The topological polar surface area (TPSA) is 47.9 Å². The van der Waals surface area contributed by atoms with E-state index in [-0.39, 0.29) is 5.75 Å². The number of benzene rings is 1. The lowest BCUT2D eigenvalue weighted by Crippen LogP contribution is -2.46. The molecule has 0 unspecified atom stereocenters. The second-order valence-electron chi connectivity index (χ2n) is 3.97. The van der Waals surface area contributed by atoms with Gasteiger partial charge in [-0.3, -0.25) is 5.43 Å². The van der Waals surface area contributed by atoms with Gasteiger partial charge in [0.25, 0.3) is 0 Å². The first kappa shape index (κ1) is 11.9. The number of hydrazone groups is 1. The summed E-state index contributed by atoms with van der Waals surface area (Å²) in [6.45, 7) is 3.83. The molecule has 0 spiro atoms. The van der Waals surface area contributed by atoms with Crippen molar-refractivity contribution in [1.29, 1.82) is 0 Å². The Balaban J connectivity index is 2.01.